The Bertz CT molecular complexity index is 341. The molecule has 1 heteroatoms. The summed E-state index contributed by atoms with van der Waals surface area (Å²) < 4.78 is 0. The van der Waals surface area contributed by atoms with Crippen LogP contribution in [0.1, 0.15) is 89.3 Å². The van der Waals surface area contributed by atoms with Gasteiger partial charge in [-0.25, -0.2) is 0 Å². The highest BCUT2D eigenvalue weighted by molar-refractivity contribution is 5.27. The third-order valence-corrected chi connectivity index (χ3v) is 4.32. The van der Waals surface area contributed by atoms with Crippen LogP contribution in [0.25, 0.3) is 0 Å². The third-order valence-electron chi connectivity index (χ3n) is 4.32. The first-order valence-corrected chi connectivity index (χ1v) is 8.56. The van der Waals surface area contributed by atoms with Crippen molar-refractivity contribution in [2.24, 2.45) is 0 Å². The molecule has 20 heavy (non-hydrogen) atoms. The Hall–Kier alpha value is -0.820. The fraction of sp³-hybridized carbons (Fsp3) is 0.684. The molecule has 1 aromatic rings. The van der Waals surface area contributed by atoms with Gasteiger partial charge in [0.25, 0.3) is 0 Å². The van der Waals surface area contributed by atoms with Crippen molar-refractivity contribution in [2.75, 3.05) is 6.54 Å². The molecule has 0 bridgehead atoms. The van der Waals surface area contributed by atoms with Gasteiger partial charge in [-0.1, -0.05) is 77.6 Å². The van der Waals surface area contributed by atoms with E-state index in [0.29, 0.717) is 12.0 Å². The Morgan fingerprint density at radius 3 is 2.10 bits per heavy atom. The second kappa shape index (κ2) is 9.99. The van der Waals surface area contributed by atoms with Crippen LogP contribution in [-0.4, -0.2) is 6.54 Å². The van der Waals surface area contributed by atoms with Crippen molar-refractivity contribution in [1.82, 2.24) is 5.32 Å². The largest absolute Gasteiger partial charge is 0.310 e. The van der Waals surface area contributed by atoms with E-state index in [4.69, 9.17) is 0 Å². The van der Waals surface area contributed by atoms with Crippen LogP contribution in [0.15, 0.2) is 24.3 Å². The van der Waals surface area contributed by atoms with Gasteiger partial charge in [0.1, 0.15) is 0 Å². The molecular weight excluding hydrogens is 242 g/mol. The fourth-order valence-corrected chi connectivity index (χ4v) is 2.70. The summed E-state index contributed by atoms with van der Waals surface area (Å²) in [6, 6.07) is 9.83. The summed E-state index contributed by atoms with van der Waals surface area (Å²) in [7, 11) is 0. The maximum atomic E-state index is 3.64. The monoisotopic (exact) mass is 275 g/mol. The van der Waals surface area contributed by atoms with Gasteiger partial charge in [-0.2, -0.15) is 0 Å². The highest BCUT2D eigenvalue weighted by atomic mass is 14.9. The van der Waals surface area contributed by atoms with Gasteiger partial charge in [0.15, 0.2) is 0 Å². The zero-order chi connectivity index (χ0) is 14.8. The van der Waals surface area contributed by atoms with Crippen molar-refractivity contribution in [3.05, 3.63) is 35.4 Å². The van der Waals surface area contributed by atoms with E-state index in [9.17, 15) is 0 Å². The number of unbranched alkanes of at least 4 members (excludes halogenated alkanes) is 3. The van der Waals surface area contributed by atoms with Gasteiger partial charge in [-0.3, -0.25) is 0 Å². The number of benzene rings is 1. The van der Waals surface area contributed by atoms with Gasteiger partial charge in [-0.15, -0.1) is 0 Å². The lowest BCUT2D eigenvalue weighted by Gasteiger charge is -2.19. The van der Waals surface area contributed by atoms with Crippen LogP contribution in [0.3, 0.4) is 0 Å². The minimum Gasteiger partial charge on any atom is -0.310 e. The number of hydrogen-bond donors (Lipinski definition) is 1. The zero-order valence-corrected chi connectivity index (χ0v) is 13.9. The summed E-state index contributed by atoms with van der Waals surface area (Å²) in [5.41, 5.74) is 2.92. The molecule has 0 aromatic heterocycles. The molecule has 1 aromatic carbocycles. The lowest BCUT2D eigenvalue weighted by Crippen LogP contribution is -2.20. The molecule has 0 aliphatic rings. The van der Waals surface area contributed by atoms with Crippen LogP contribution < -0.4 is 5.32 Å². The van der Waals surface area contributed by atoms with Gasteiger partial charge in [0, 0.05) is 6.04 Å². The molecular formula is C19H33N. The van der Waals surface area contributed by atoms with Crippen molar-refractivity contribution in [3.8, 4) is 0 Å². The van der Waals surface area contributed by atoms with Crippen LogP contribution in [-0.2, 0) is 0 Å². The lowest BCUT2D eigenvalue weighted by atomic mass is 9.94. The van der Waals surface area contributed by atoms with Crippen molar-refractivity contribution in [2.45, 2.75) is 78.2 Å². The van der Waals surface area contributed by atoms with Gasteiger partial charge in [-0.05, 0) is 36.4 Å². The van der Waals surface area contributed by atoms with E-state index in [1.807, 2.05) is 0 Å². The van der Waals surface area contributed by atoms with Gasteiger partial charge < -0.3 is 5.32 Å². The van der Waals surface area contributed by atoms with Crippen molar-refractivity contribution < 1.29 is 0 Å². The van der Waals surface area contributed by atoms with Crippen LogP contribution >= 0.6 is 0 Å². The third kappa shape index (κ3) is 5.66. The maximum Gasteiger partial charge on any atom is 0.0320 e. The molecule has 0 saturated heterocycles. The first kappa shape index (κ1) is 17.2. The standard InChI is InChI=1S/C19H33N/c1-5-8-9-10-11-19(20-7-3)18-14-12-17(13-15-18)16(4)6-2/h12-16,19-20H,5-11H2,1-4H3. The first-order valence-electron chi connectivity index (χ1n) is 8.56. The predicted octanol–water partition coefficient (Wildman–Crippen LogP) is 5.82. The summed E-state index contributed by atoms with van der Waals surface area (Å²) in [5.74, 6) is 0.672. The van der Waals surface area contributed by atoms with Crippen molar-refractivity contribution in [1.29, 1.82) is 0 Å². The molecule has 2 atom stereocenters. The molecule has 1 nitrogen and oxygen atoms in total. The Kier molecular flexibility index (Phi) is 8.60. The molecule has 0 radical (unpaired) electrons. The van der Waals surface area contributed by atoms with Crippen LogP contribution in [0.4, 0.5) is 0 Å². The topological polar surface area (TPSA) is 12.0 Å². The Morgan fingerprint density at radius 1 is 0.900 bits per heavy atom. The highest BCUT2D eigenvalue weighted by Gasteiger charge is 2.10. The van der Waals surface area contributed by atoms with E-state index in [2.05, 4.69) is 57.3 Å². The maximum absolute atomic E-state index is 3.64. The summed E-state index contributed by atoms with van der Waals surface area (Å²) in [5, 5.41) is 3.64. The molecule has 0 amide bonds. The summed E-state index contributed by atoms with van der Waals surface area (Å²) >= 11 is 0. The molecule has 2 unspecified atom stereocenters. The average molecular weight is 275 g/mol. The SMILES string of the molecule is CCCCCCC(NCC)c1ccc(C(C)CC)cc1. The number of nitrogens with one attached hydrogen (secondary N) is 1. The predicted molar refractivity (Wildman–Crippen MR) is 90.3 cm³/mol. The lowest BCUT2D eigenvalue weighted by molar-refractivity contribution is 0.481. The Balaban J connectivity index is 2.61. The second-order valence-electron chi connectivity index (χ2n) is 5.94. The Morgan fingerprint density at radius 2 is 1.55 bits per heavy atom. The molecule has 0 spiro atoms. The molecule has 1 N–H and O–H groups in total. The molecule has 0 aliphatic carbocycles. The molecule has 0 fully saturated rings. The normalized spacial score (nSPS) is 14.2. The molecule has 0 heterocycles. The second-order valence-corrected chi connectivity index (χ2v) is 5.94. The van der Waals surface area contributed by atoms with Gasteiger partial charge in [0.05, 0.1) is 0 Å². The van der Waals surface area contributed by atoms with E-state index < -0.39 is 0 Å². The van der Waals surface area contributed by atoms with Crippen molar-refractivity contribution in [3.63, 3.8) is 0 Å². The fourth-order valence-electron chi connectivity index (χ4n) is 2.70. The number of rotatable bonds is 10. The van der Waals surface area contributed by atoms with Gasteiger partial charge in [0.2, 0.25) is 0 Å². The van der Waals surface area contributed by atoms with Gasteiger partial charge >= 0.3 is 0 Å². The average Bonchev–Trinajstić information content (AvgIpc) is 2.50. The van der Waals surface area contributed by atoms with E-state index in [1.54, 1.807) is 0 Å². The quantitative estimate of drug-likeness (QED) is 0.530. The van der Waals surface area contributed by atoms with E-state index in [-0.39, 0.29) is 0 Å². The minimum absolute atomic E-state index is 0.530. The van der Waals surface area contributed by atoms with E-state index >= 15 is 0 Å². The minimum atomic E-state index is 0.530. The van der Waals surface area contributed by atoms with E-state index in [1.165, 1.54) is 49.7 Å². The first-order chi connectivity index (χ1) is 9.72. The molecule has 114 valence electrons. The number of hydrogen-bond acceptors (Lipinski definition) is 1. The summed E-state index contributed by atoms with van der Waals surface area (Å²) in [6.07, 6.45) is 7.85. The van der Waals surface area contributed by atoms with Crippen LogP contribution in [0, 0.1) is 0 Å². The van der Waals surface area contributed by atoms with Crippen molar-refractivity contribution >= 4 is 0 Å². The molecule has 1 rings (SSSR count). The van der Waals surface area contributed by atoms with Crippen LogP contribution in [0.2, 0.25) is 0 Å². The summed E-state index contributed by atoms with van der Waals surface area (Å²) in [6.45, 7) is 10.1. The molecule has 0 saturated carbocycles. The smallest absolute Gasteiger partial charge is 0.0320 e. The zero-order valence-electron chi connectivity index (χ0n) is 13.9. The van der Waals surface area contributed by atoms with E-state index in [0.717, 1.165) is 6.54 Å². The summed E-state index contributed by atoms with van der Waals surface area (Å²) in [4.78, 5) is 0. The highest BCUT2D eigenvalue weighted by Crippen LogP contribution is 2.24. The molecule has 0 aliphatic heterocycles. The Labute approximate surface area is 126 Å². The van der Waals surface area contributed by atoms with Crippen LogP contribution in [0.5, 0.6) is 0 Å².